The third kappa shape index (κ3) is 1.87. The molecule has 0 saturated heterocycles. The molecule has 0 unspecified atom stereocenters. The number of benzene rings is 1. The van der Waals surface area contributed by atoms with Gasteiger partial charge in [-0.2, -0.15) is 0 Å². The second-order valence-electron chi connectivity index (χ2n) is 3.76. The van der Waals surface area contributed by atoms with Crippen LogP contribution in [0.1, 0.15) is 27.2 Å². The van der Waals surface area contributed by atoms with Crippen molar-refractivity contribution in [2.75, 3.05) is 0 Å². The van der Waals surface area contributed by atoms with Gasteiger partial charge >= 0.3 is 0 Å². The minimum absolute atomic E-state index is 0.0589. The zero-order valence-corrected chi connectivity index (χ0v) is 9.40. The second kappa shape index (κ2) is 4.27. The first-order chi connectivity index (χ1) is 7.70. The van der Waals surface area contributed by atoms with Gasteiger partial charge in [-0.25, -0.2) is 0 Å². The van der Waals surface area contributed by atoms with E-state index in [2.05, 4.69) is 4.98 Å². The van der Waals surface area contributed by atoms with E-state index in [4.69, 9.17) is 0 Å². The summed E-state index contributed by atoms with van der Waals surface area (Å²) >= 11 is 0. The smallest absolute Gasteiger partial charge is 0.193 e. The SMILES string of the molecule is Cc1nccc(C(=O)c2ccccc2)c1C. The highest BCUT2D eigenvalue weighted by Gasteiger charge is 2.12. The van der Waals surface area contributed by atoms with E-state index in [-0.39, 0.29) is 5.78 Å². The van der Waals surface area contributed by atoms with Crippen LogP contribution in [0.5, 0.6) is 0 Å². The highest BCUT2D eigenvalue weighted by atomic mass is 16.1. The van der Waals surface area contributed by atoms with E-state index in [0.29, 0.717) is 0 Å². The van der Waals surface area contributed by atoms with E-state index in [1.54, 1.807) is 12.3 Å². The fourth-order valence-corrected chi connectivity index (χ4v) is 1.63. The molecule has 0 fully saturated rings. The number of ketones is 1. The summed E-state index contributed by atoms with van der Waals surface area (Å²) in [6.07, 6.45) is 1.68. The lowest BCUT2D eigenvalue weighted by molar-refractivity contribution is 0.103. The Labute approximate surface area is 95.0 Å². The van der Waals surface area contributed by atoms with Gasteiger partial charge in [-0.15, -0.1) is 0 Å². The van der Waals surface area contributed by atoms with Crippen molar-refractivity contribution in [1.29, 1.82) is 0 Å². The van der Waals surface area contributed by atoms with Crippen LogP contribution in [0.2, 0.25) is 0 Å². The largest absolute Gasteiger partial charge is 0.289 e. The molecule has 0 bridgehead atoms. The quantitative estimate of drug-likeness (QED) is 0.715. The van der Waals surface area contributed by atoms with E-state index in [0.717, 1.165) is 22.4 Å². The van der Waals surface area contributed by atoms with Crippen LogP contribution in [0, 0.1) is 13.8 Å². The van der Waals surface area contributed by atoms with E-state index in [9.17, 15) is 4.79 Å². The molecule has 80 valence electrons. The number of nitrogens with zero attached hydrogens (tertiary/aromatic N) is 1. The predicted molar refractivity (Wildman–Crippen MR) is 63.6 cm³/mol. The fraction of sp³-hybridized carbons (Fsp3) is 0.143. The lowest BCUT2D eigenvalue weighted by Gasteiger charge is -2.06. The summed E-state index contributed by atoms with van der Waals surface area (Å²) in [5.41, 5.74) is 3.31. The van der Waals surface area contributed by atoms with Crippen LogP contribution >= 0.6 is 0 Å². The molecular formula is C14H13NO. The van der Waals surface area contributed by atoms with Crippen molar-refractivity contribution >= 4 is 5.78 Å². The number of rotatable bonds is 2. The first kappa shape index (κ1) is 10.6. The second-order valence-corrected chi connectivity index (χ2v) is 3.76. The molecule has 0 aliphatic rings. The molecule has 2 nitrogen and oxygen atoms in total. The molecule has 0 aliphatic carbocycles. The molecule has 2 rings (SSSR count). The molecule has 0 amide bonds. The van der Waals surface area contributed by atoms with E-state index in [1.165, 1.54) is 0 Å². The maximum Gasteiger partial charge on any atom is 0.193 e. The first-order valence-corrected chi connectivity index (χ1v) is 5.22. The van der Waals surface area contributed by atoms with Gasteiger partial charge in [-0.1, -0.05) is 30.3 Å². The van der Waals surface area contributed by atoms with E-state index >= 15 is 0 Å². The number of aromatic nitrogens is 1. The van der Waals surface area contributed by atoms with Crippen LogP contribution in [0.3, 0.4) is 0 Å². The third-order valence-corrected chi connectivity index (χ3v) is 2.74. The van der Waals surface area contributed by atoms with Gasteiger partial charge in [0.2, 0.25) is 0 Å². The predicted octanol–water partition coefficient (Wildman–Crippen LogP) is 2.93. The molecule has 2 aromatic rings. The summed E-state index contributed by atoms with van der Waals surface area (Å²) in [7, 11) is 0. The zero-order chi connectivity index (χ0) is 11.5. The average Bonchev–Trinajstić information content (AvgIpc) is 2.33. The molecule has 0 aliphatic heterocycles. The first-order valence-electron chi connectivity index (χ1n) is 5.22. The summed E-state index contributed by atoms with van der Waals surface area (Å²) in [5, 5.41) is 0. The average molecular weight is 211 g/mol. The summed E-state index contributed by atoms with van der Waals surface area (Å²) in [5.74, 6) is 0.0589. The molecule has 1 aromatic heterocycles. The Hall–Kier alpha value is -1.96. The van der Waals surface area contributed by atoms with Gasteiger partial charge in [0.25, 0.3) is 0 Å². The molecule has 16 heavy (non-hydrogen) atoms. The van der Waals surface area contributed by atoms with Gasteiger partial charge in [-0.3, -0.25) is 9.78 Å². The summed E-state index contributed by atoms with van der Waals surface area (Å²) in [6, 6.07) is 11.1. The Kier molecular flexibility index (Phi) is 2.82. The van der Waals surface area contributed by atoms with Crippen LogP contribution < -0.4 is 0 Å². The topological polar surface area (TPSA) is 30.0 Å². The van der Waals surface area contributed by atoms with Gasteiger partial charge in [-0.05, 0) is 25.5 Å². The Morgan fingerprint density at radius 1 is 1.06 bits per heavy atom. The molecule has 0 spiro atoms. The van der Waals surface area contributed by atoms with Crippen molar-refractivity contribution in [3.63, 3.8) is 0 Å². The fourth-order valence-electron chi connectivity index (χ4n) is 1.63. The molecule has 1 heterocycles. The van der Waals surface area contributed by atoms with Crippen molar-refractivity contribution < 1.29 is 4.79 Å². The van der Waals surface area contributed by atoms with Crippen molar-refractivity contribution in [3.05, 3.63) is 65.0 Å². The van der Waals surface area contributed by atoms with Gasteiger partial charge in [0.15, 0.2) is 5.78 Å². The number of pyridine rings is 1. The van der Waals surface area contributed by atoms with Crippen molar-refractivity contribution in [3.8, 4) is 0 Å². The number of carbonyl (C=O) groups excluding carboxylic acids is 1. The van der Waals surface area contributed by atoms with Crippen molar-refractivity contribution in [2.24, 2.45) is 0 Å². The Morgan fingerprint density at radius 3 is 2.44 bits per heavy atom. The molecule has 0 atom stereocenters. The summed E-state index contributed by atoms with van der Waals surface area (Å²) < 4.78 is 0. The number of hydrogen-bond acceptors (Lipinski definition) is 2. The van der Waals surface area contributed by atoms with Gasteiger partial charge in [0.1, 0.15) is 0 Å². The number of hydrogen-bond donors (Lipinski definition) is 0. The van der Waals surface area contributed by atoms with Gasteiger partial charge in [0, 0.05) is 23.0 Å². The lowest BCUT2D eigenvalue weighted by Crippen LogP contribution is -2.05. The van der Waals surface area contributed by atoms with Crippen LogP contribution in [0.15, 0.2) is 42.6 Å². The van der Waals surface area contributed by atoms with Crippen LogP contribution in [-0.4, -0.2) is 10.8 Å². The molecule has 1 aromatic carbocycles. The highest BCUT2D eigenvalue weighted by Crippen LogP contribution is 2.15. The minimum atomic E-state index is 0.0589. The standard InChI is InChI=1S/C14H13NO/c1-10-11(2)15-9-8-13(10)14(16)12-6-4-3-5-7-12/h3-9H,1-2H3. The molecule has 2 heteroatoms. The zero-order valence-electron chi connectivity index (χ0n) is 9.40. The monoisotopic (exact) mass is 211 g/mol. The van der Waals surface area contributed by atoms with Crippen LogP contribution in [0.25, 0.3) is 0 Å². The van der Waals surface area contributed by atoms with Gasteiger partial charge in [0.05, 0.1) is 0 Å². The van der Waals surface area contributed by atoms with Crippen molar-refractivity contribution in [1.82, 2.24) is 4.98 Å². The molecule has 0 radical (unpaired) electrons. The highest BCUT2D eigenvalue weighted by molar-refractivity contribution is 6.09. The lowest BCUT2D eigenvalue weighted by atomic mass is 9.99. The van der Waals surface area contributed by atoms with E-state index < -0.39 is 0 Å². The minimum Gasteiger partial charge on any atom is -0.289 e. The molecule has 0 saturated carbocycles. The van der Waals surface area contributed by atoms with Crippen molar-refractivity contribution in [2.45, 2.75) is 13.8 Å². The molecule has 0 N–H and O–H groups in total. The third-order valence-electron chi connectivity index (χ3n) is 2.74. The normalized spacial score (nSPS) is 10.1. The number of carbonyl (C=O) groups is 1. The Morgan fingerprint density at radius 2 is 1.75 bits per heavy atom. The summed E-state index contributed by atoms with van der Waals surface area (Å²) in [4.78, 5) is 16.4. The van der Waals surface area contributed by atoms with Crippen LogP contribution in [-0.2, 0) is 0 Å². The number of aryl methyl sites for hydroxylation is 1. The van der Waals surface area contributed by atoms with Crippen LogP contribution in [0.4, 0.5) is 0 Å². The summed E-state index contributed by atoms with van der Waals surface area (Å²) in [6.45, 7) is 3.84. The van der Waals surface area contributed by atoms with Gasteiger partial charge < -0.3 is 0 Å². The van der Waals surface area contributed by atoms with E-state index in [1.807, 2.05) is 44.2 Å². The maximum atomic E-state index is 12.2. The maximum absolute atomic E-state index is 12.2. The Bertz CT molecular complexity index is 518. The Balaban J connectivity index is 2.46. The molecular weight excluding hydrogens is 198 g/mol.